The van der Waals surface area contributed by atoms with Crippen molar-refractivity contribution in [3.63, 3.8) is 0 Å². The molecule has 5 saturated heterocycles. The number of hydroxylamine groups is 2. The predicted octanol–water partition coefficient (Wildman–Crippen LogP) is 4.38. The molecule has 0 radical (unpaired) electrons. The Morgan fingerprint density at radius 1 is 0.747 bits per heavy atom. The number of ether oxygens (including phenoxy) is 11. The van der Waals surface area contributed by atoms with Crippen LogP contribution in [0, 0.1) is 52.8 Å². The van der Waals surface area contributed by atoms with Gasteiger partial charge in [-0.3, -0.25) is 20.0 Å². The number of carbonyl (C=O) groups excluding carboxylic acids is 3. The number of hydrogen-bond donors (Lipinski definition) is 8. The van der Waals surface area contributed by atoms with E-state index in [1.165, 1.54) is 14.2 Å². The number of esters is 1. The Kier molecular flexibility index (Phi) is 19.9. The van der Waals surface area contributed by atoms with Gasteiger partial charge < -0.3 is 83.0 Å². The quantitative estimate of drug-likeness (QED) is 0.0582. The second-order valence-corrected chi connectivity index (χ2v) is 26.2. The van der Waals surface area contributed by atoms with Crippen LogP contribution >= 0.6 is 0 Å². The third-order valence-electron chi connectivity index (χ3n) is 20.8. The van der Waals surface area contributed by atoms with E-state index in [0.717, 1.165) is 5.57 Å². The molecule has 8 N–H and O–H groups in total. The summed E-state index contributed by atoms with van der Waals surface area (Å²) in [5.41, 5.74) is -2.84. The molecule has 23 nitrogen and oxygen atoms in total. The van der Waals surface area contributed by atoms with E-state index in [-0.39, 0.29) is 68.1 Å². The van der Waals surface area contributed by atoms with Gasteiger partial charge in [-0.15, -0.1) is 0 Å². The van der Waals surface area contributed by atoms with E-state index < -0.39 is 175 Å². The summed E-state index contributed by atoms with van der Waals surface area (Å²) in [4.78, 5) is 43.2. The second kappa shape index (κ2) is 25.6. The second-order valence-electron chi connectivity index (χ2n) is 26.2. The molecule has 29 atom stereocenters. The van der Waals surface area contributed by atoms with E-state index in [2.05, 4.69) is 25.2 Å². The summed E-state index contributed by atoms with van der Waals surface area (Å²) in [6.07, 6.45) is -4.85. The van der Waals surface area contributed by atoms with E-state index in [4.69, 9.17) is 52.1 Å². The first kappa shape index (κ1) is 64.4. The Morgan fingerprint density at radius 3 is 2.01 bits per heavy atom. The Labute approximate surface area is 487 Å². The molecular weight excluding hydrogens is 1080 g/mol. The van der Waals surface area contributed by atoms with Crippen LogP contribution in [0.4, 0.5) is 4.79 Å². The number of allylic oxidation sites excluding steroid dienone is 2. The molecule has 1 spiro atoms. The minimum atomic E-state index is -1.54. The number of ketones is 1. The average molecular weight is 1180 g/mol. The predicted molar refractivity (Wildman–Crippen MR) is 291 cm³/mol. The van der Waals surface area contributed by atoms with Gasteiger partial charge in [0, 0.05) is 62.6 Å². The van der Waals surface area contributed by atoms with Gasteiger partial charge in [-0.25, -0.2) is 4.79 Å². The van der Waals surface area contributed by atoms with Gasteiger partial charge in [0.25, 0.3) is 0 Å². The summed E-state index contributed by atoms with van der Waals surface area (Å²) in [5.74, 6) is -5.17. The molecule has 2 saturated carbocycles. The minimum absolute atomic E-state index is 0.0239. The lowest BCUT2D eigenvalue weighted by Gasteiger charge is -2.56. The van der Waals surface area contributed by atoms with Crippen molar-refractivity contribution in [2.75, 3.05) is 20.8 Å². The van der Waals surface area contributed by atoms with Gasteiger partial charge in [-0.05, 0) is 110 Å². The average Bonchev–Trinajstić information content (AvgIpc) is 1.96. The van der Waals surface area contributed by atoms with Crippen molar-refractivity contribution in [1.29, 1.82) is 0 Å². The molecule has 2 bridgehead atoms. The number of Topliss-reactive ketones (excluding diaryl/α,β-unsaturated/α-hetero) is 1. The first-order chi connectivity index (χ1) is 39.2. The molecule has 9 rings (SSSR count). The van der Waals surface area contributed by atoms with E-state index in [1.807, 2.05) is 39.0 Å². The normalized spacial score (nSPS) is 50.8. The summed E-state index contributed by atoms with van der Waals surface area (Å²) < 4.78 is 68.2. The SMILES string of the molecule is COC(=O)NC1C(C)O[C@@H](O[C@@H]2C/C=C(/C)[C@H]3C=C[C@H]4[C@@H](O[C@@H]5C[C@@H](O[C@@H]6C[C@@H](O)[C@H](OC7C[C@@H](O)C(OC)C(C)O7)C(C)O6)[C@H](O)C(C)O5)[C@H](C)C[C@H](C)[C@H]4[C@]3(C)C(=O)C3C(=O)OC4(CCC(CO)CC4/C=C\2C)[C@@H]3O)CC1(C)N(O)O. The first-order valence-electron chi connectivity index (χ1n) is 30.1. The maximum atomic E-state index is 16.1. The lowest BCUT2D eigenvalue weighted by atomic mass is 9.48. The number of fused-ring (bicyclic) bond motifs is 4. The number of amides is 1. The van der Waals surface area contributed by atoms with Gasteiger partial charge in [0.05, 0.1) is 73.6 Å². The van der Waals surface area contributed by atoms with Crippen molar-refractivity contribution in [2.24, 2.45) is 52.8 Å². The zero-order valence-electron chi connectivity index (χ0n) is 50.2. The number of aliphatic hydroxyl groups excluding tert-OH is 5. The van der Waals surface area contributed by atoms with E-state index in [9.17, 15) is 45.5 Å². The molecule has 23 heteroatoms. The highest BCUT2D eigenvalue weighted by Gasteiger charge is 2.67. The molecule has 470 valence electrons. The highest BCUT2D eigenvalue weighted by atomic mass is 16.8. The number of carbonyl (C=O) groups is 3. The zero-order valence-corrected chi connectivity index (χ0v) is 50.2. The fraction of sp³-hybridized carbons (Fsp3) is 0.850. The van der Waals surface area contributed by atoms with E-state index >= 15 is 4.79 Å². The van der Waals surface area contributed by atoms with E-state index in [1.54, 1.807) is 34.6 Å². The van der Waals surface area contributed by atoms with Crippen molar-refractivity contribution in [3.05, 3.63) is 35.5 Å². The summed E-state index contributed by atoms with van der Waals surface area (Å²) in [7, 11) is 2.71. The fourth-order valence-electron chi connectivity index (χ4n) is 16.3. The monoisotopic (exact) mass is 1180 g/mol. The van der Waals surface area contributed by atoms with Gasteiger partial charge in [0.2, 0.25) is 0 Å². The number of nitrogens with zero attached hydrogens (tertiary/aromatic N) is 1. The fourth-order valence-corrected chi connectivity index (χ4v) is 16.3. The summed E-state index contributed by atoms with van der Waals surface area (Å²) >= 11 is 0. The van der Waals surface area contributed by atoms with Crippen LogP contribution in [0.1, 0.15) is 127 Å². The highest BCUT2D eigenvalue weighted by Crippen LogP contribution is 2.60. The maximum absolute atomic E-state index is 16.1. The lowest BCUT2D eigenvalue weighted by Crippen LogP contribution is -2.68. The number of methoxy groups -OCH3 is 2. The van der Waals surface area contributed by atoms with Crippen LogP contribution in [-0.2, 0) is 61.7 Å². The largest absolute Gasteiger partial charge is 0.455 e. The summed E-state index contributed by atoms with van der Waals surface area (Å²) in [5, 5.41) is 81.0. The van der Waals surface area contributed by atoms with Crippen LogP contribution in [0.15, 0.2) is 35.5 Å². The highest BCUT2D eigenvalue weighted by molar-refractivity contribution is 6.05. The number of alkyl carbamates (subject to hydrolysis) is 1. The topological polar surface area (TPSA) is 310 Å². The Bertz CT molecular complexity index is 2370. The van der Waals surface area contributed by atoms with Crippen LogP contribution in [0.25, 0.3) is 0 Å². The number of nitrogens with one attached hydrogen (secondary N) is 1. The molecular formula is C60H94N2O21. The van der Waals surface area contributed by atoms with Gasteiger partial charge >= 0.3 is 12.1 Å². The van der Waals surface area contributed by atoms with Crippen molar-refractivity contribution < 1.29 is 102 Å². The number of rotatable bonds is 12. The minimum Gasteiger partial charge on any atom is -0.455 e. The Morgan fingerprint density at radius 2 is 1.37 bits per heavy atom. The van der Waals surface area contributed by atoms with Crippen molar-refractivity contribution in [3.8, 4) is 0 Å². The molecule has 1 amide bonds. The van der Waals surface area contributed by atoms with Gasteiger partial charge in [-0.2, -0.15) is 0 Å². The van der Waals surface area contributed by atoms with Crippen LogP contribution in [0.5, 0.6) is 0 Å². The molecule has 0 aromatic carbocycles. The number of hydrogen-bond acceptors (Lipinski definition) is 22. The van der Waals surface area contributed by atoms with Gasteiger partial charge in [0.15, 0.2) is 30.9 Å². The molecule has 7 fully saturated rings. The Hall–Kier alpha value is -3.05. The summed E-state index contributed by atoms with van der Waals surface area (Å²) in [6, 6.07) is -0.940. The molecule has 12 unspecified atom stereocenters. The van der Waals surface area contributed by atoms with Crippen LogP contribution < -0.4 is 5.32 Å². The third kappa shape index (κ3) is 12.3. The van der Waals surface area contributed by atoms with Crippen LogP contribution in [0.3, 0.4) is 0 Å². The molecule has 5 aliphatic heterocycles. The van der Waals surface area contributed by atoms with Crippen molar-refractivity contribution in [2.45, 2.75) is 249 Å². The van der Waals surface area contributed by atoms with Crippen LogP contribution in [0.2, 0.25) is 0 Å². The van der Waals surface area contributed by atoms with Crippen molar-refractivity contribution in [1.82, 2.24) is 10.5 Å². The van der Waals surface area contributed by atoms with Crippen molar-refractivity contribution >= 4 is 17.8 Å². The van der Waals surface area contributed by atoms with Crippen LogP contribution in [-0.4, -0.2) is 202 Å². The number of aliphatic hydroxyl groups is 5. The Balaban J connectivity index is 0.988. The molecule has 0 aromatic heterocycles. The third-order valence-corrected chi connectivity index (χ3v) is 20.8. The smallest absolute Gasteiger partial charge is 0.407 e. The molecule has 4 aliphatic carbocycles. The molecule has 83 heavy (non-hydrogen) atoms. The first-order valence-corrected chi connectivity index (χ1v) is 30.1. The lowest BCUT2D eigenvalue weighted by molar-refractivity contribution is -0.390. The van der Waals surface area contributed by atoms with E-state index in [0.29, 0.717) is 24.8 Å². The maximum Gasteiger partial charge on any atom is 0.407 e. The molecule has 9 aliphatic rings. The van der Waals surface area contributed by atoms with Gasteiger partial charge in [-0.1, -0.05) is 55.9 Å². The summed E-state index contributed by atoms with van der Waals surface area (Å²) in [6.45, 7) is 18.3. The zero-order chi connectivity index (χ0) is 60.4. The molecule has 5 heterocycles. The standard InChI is InChI=1S/C60H94N2O21/c1-27-13-16-41(79-46-25-58(9,62(71)72)53(34(8)78-46)61-57(70)74-12)28(2)20-36-21-35(26-63)17-18-60(36)55(68)47(56(69)83-60)54(67)59(10)38(27)15-14-37-48(59)29(3)19-30(4)50(37)81-45-24-42(49(66)31(5)75-45)80-43-23-40(65)52(33(7)77-43)82-44-22-39(64)51(73-11)32(6)76-44/h13-15,20,29-53,55,63-66,68,71-72H,16-19,21-26H2,1-12H3,(H,61,70)/b27-13-,28-20-/t29-,30+,31?,32?,33?,34?,35?,36?,37+,38+,39+,40+,41+,42+,43+,44?,45+,46-,47?,48+,49+,50-,51?,52+,53?,55+,58?,59+,60?/m0/s1. The molecule has 0 aromatic rings. The van der Waals surface area contributed by atoms with Gasteiger partial charge in [0.1, 0.15) is 35.9 Å².